The van der Waals surface area contributed by atoms with Crippen LogP contribution in [0, 0.1) is 5.82 Å². The van der Waals surface area contributed by atoms with Crippen molar-refractivity contribution < 1.29 is 4.39 Å². The van der Waals surface area contributed by atoms with Gasteiger partial charge in [0, 0.05) is 25.1 Å². The van der Waals surface area contributed by atoms with Crippen molar-refractivity contribution >= 4 is 17.3 Å². The summed E-state index contributed by atoms with van der Waals surface area (Å²) < 4.78 is 16.2. The van der Waals surface area contributed by atoms with Crippen LogP contribution in [0.4, 0.5) is 4.39 Å². The first-order valence-electron chi connectivity index (χ1n) is 8.03. The van der Waals surface area contributed by atoms with Gasteiger partial charge in [-0.2, -0.15) is 0 Å². The zero-order valence-electron chi connectivity index (χ0n) is 13.6. The first-order chi connectivity index (χ1) is 12.2. The van der Waals surface area contributed by atoms with Gasteiger partial charge in [0.25, 0.3) is 0 Å². The Kier molecular flexibility index (Phi) is 3.97. The van der Waals surface area contributed by atoms with Crippen LogP contribution in [-0.2, 0) is 0 Å². The van der Waals surface area contributed by atoms with Crippen LogP contribution in [0.3, 0.4) is 0 Å². The van der Waals surface area contributed by atoms with E-state index in [0.717, 1.165) is 11.4 Å². The van der Waals surface area contributed by atoms with E-state index in [9.17, 15) is 4.39 Å². The third kappa shape index (κ3) is 2.68. The number of nitrogens with one attached hydrogen (secondary N) is 1. The summed E-state index contributed by atoms with van der Waals surface area (Å²) in [5, 5.41) is 3.99. The normalized spacial score (nSPS) is 19.9. The molecule has 1 aliphatic rings. The number of halogens is 1. The van der Waals surface area contributed by atoms with E-state index in [4.69, 9.17) is 12.2 Å². The summed E-state index contributed by atoms with van der Waals surface area (Å²) in [6.07, 6.45) is 3.64. The second-order valence-electron chi connectivity index (χ2n) is 5.99. The average molecular weight is 352 g/mol. The second-order valence-corrected chi connectivity index (χ2v) is 6.38. The van der Waals surface area contributed by atoms with Crippen LogP contribution in [0.1, 0.15) is 23.5 Å². The number of likely N-dealkylation sites (N-methyl/N-ethyl adjacent to an activating group) is 1. The van der Waals surface area contributed by atoms with E-state index in [1.807, 2.05) is 59.1 Å². The fraction of sp³-hybridized carbons (Fsp3) is 0.158. The molecule has 0 aliphatic carbocycles. The Hall–Kier alpha value is -2.73. The molecular weight excluding hydrogens is 335 g/mol. The van der Waals surface area contributed by atoms with Crippen molar-refractivity contribution in [3.8, 4) is 5.69 Å². The fourth-order valence-corrected chi connectivity index (χ4v) is 3.57. The predicted octanol–water partition coefficient (Wildman–Crippen LogP) is 3.61. The number of rotatable bonds is 3. The van der Waals surface area contributed by atoms with Gasteiger partial charge in [-0.3, -0.25) is 4.98 Å². The minimum atomic E-state index is -0.259. The highest BCUT2D eigenvalue weighted by atomic mass is 32.1. The van der Waals surface area contributed by atoms with Gasteiger partial charge < -0.3 is 14.8 Å². The van der Waals surface area contributed by atoms with Gasteiger partial charge in [0.15, 0.2) is 5.11 Å². The maximum Gasteiger partial charge on any atom is 0.169 e. The van der Waals surface area contributed by atoms with Crippen molar-refractivity contribution in [2.45, 2.75) is 12.1 Å². The molecule has 1 aromatic carbocycles. The van der Waals surface area contributed by atoms with E-state index in [0.29, 0.717) is 10.8 Å². The molecule has 3 heterocycles. The molecule has 126 valence electrons. The van der Waals surface area contributed by atoms with Crippen LogP contribution in [0.2, 0.25) is 0 Å². The Labute approximate surface area is 150 Å². The molecule has 0 amide bonds. The number of hydrogen-bond donors (Lipinski definition) is 1. The maximum atomic E-state index is 14.3. The van der Waals surface area contributed by atoms with E-state index >= 15 is 0 Å². The standard InChI is InChI=1S/C19H17FN4S/c1-23-18(17(22-19(23)25)14-8-4-5-11-21-14)16-10-6-12-24(16)15-9-3-2-7-13(15)20/h2-12,17-18H,1H3,(H,22,25)/t17-,18+/m1/s1. The molecule has 4 nitrogen and oxygen atoms in total. The highest BCUT2D eigenvalue weighted by Gasteiger charge is 2.39. The van der Waals surface area contributed by atoms with Gasteiger partial charge >= 0.3 is 0 Å². The van der Waals surface area contributed by atoms with Gasteiger partial charge in [0.1, 0.15) is 5.82 Å². The van der Waals surface area contributed by atoms with Gasteiger partial charge in [-0.15, -0.1) is 0 Å². The minimum Gasteiger partial charge on any atom is -0.352 e. The third-order valence-corrected chi connectivity index (χ3v) is 4.94. The fourth-order valence-electron chi connectivity index (χ4n) is 3.33. The number of aromatic nitrogens is 2. The molecule has 2 aromatic heterocycles. The minimum absolute atomic E-state index is 0.0861. The van der Waals surface area contributed by atoms with Gasteiger partial charge in [0.05, 0.1) is 23.5 Å². The molecule has 1 aliphatic heterocycles. The second kappa shape index (κ2) is 6.29. The van der Waals surface area contributed by atoms with Crippen molar-refractivity contribution in [3.63, 3.8) is 0 Å². The first-order valence-corrected chi connectivity index (χ1v) is 8.44. The van der Waals surface area contributed by atoms with E-state index in [1.54, 1.807) is 18.3 Å². The third-order valence-electron chi connectivity index (χ3n) is 4.53. The maximum absolute atomic E-state index is 14.3. The van der Waals surface area contributed by atoms with Gasteiger partial charge in [-0.25, -0.2) is 4.39 Å². The Morgan fingerprint density at radius 2 is 1.88 bits per heavy atom. The van der Waals surface area contributed by atoms with E-state index in [1.165, 1.54) is 6.07 Å². The molecule has 1 fully saturated rings. The predicted molar refractivity (Wildman–Crippen MR) is 98.9 cm³/mol. The molecule has 0 bridgehead atoms. The first kappa shape index (κ1) is 15.8. The molecule has 3 aromatic rings. The Morgan fingerprint density at radius 1 is 1.08 bits per heavy atom. The van der Waals surface area contributed by atoms with Gasteiger partial charge in [-0.1, -0.05) is 18.2 Å². The average Bonchev–Trinajstić information content (AvgIpc) is 3.21. The number of hydrogen-bond acceptors (Lipinski definition) is 2. The molecular formula is C19H17FN4S. The van der Waals surface area contributed by atoms with Crippen molar-refractivity contribution in [2.75, 3.05) is 7.05 Å². The monoisotopic (exact) mass is 352 g/mol. The molecule has 0 saturated carbocycles. The largest absolute Gasteiger partial charge is 0.352 e. The Bertz CT molecular complexity index is 909. The molecule has 6 heteroatoms. The summed E-state index contributed by atoms with van der Waals surface area (Å²) in [7, 11) is 1.95. The van der Waals surface area contributed by atoms with Crippen LogP contribution in [0.25, 0.3) is 5.69 Å². The van der Waals surface area contributed by atoms with Crippen molar-refractivity contribution in [2.24, 2.45) is 0 Å². The number of nitrogens with zero attached hydrogens (tertiary/aromatic N) is 3. The number of benzene rings is 1. The summed E-state index contributed by atoms with van der Waals surface area (Å²) >= 11 is 5.46. The lowest BCUT2D eigenvalue weighted by Crippen LogP contribution is -2.26. The summed E-state index contributed by atoms with van der Waals surface area (Å²) in [6.45, 7) is 0. The van der Waals surface area contributed by atoms with Crippen LogP contribution in [-0.4, -0.2) is 26.6 Å². The Balaban J connectivity index is 1.82. The van der Waals surface area contributed by atoms with Gasteiger partial charge in [-0.05, 0) is 48.6 Å². The summed E-state index contributed by atoms with van der Waals surface area (Å²) in [5.74, 6) is -0.259. The van der Waals surface area contributed by atoms with E-state index in [-0.39, 0.29) is 17.9 Å². The summed E-state index contributed by atoms with van der Waals surface area (Å²) in [6, 6.07) is 16.3. The SMILES string of the molecule is CN1C(=S)N[C@H](c2ccccn2)[C@@H]1c1cccn1-c1ccccc1F. The molecule has 2 atom stereocenters. The zero-order chi connectivity index (χ0) is 17.4. The molecule has 1 saturated heterocycles. The molecule has 25 heavy (non-hydrogen) atoms. The lowest BCUT2D eigenvalue weighted by atomic mass is 10.0. The lowest BCUT2D eigenvalue weighted by molar-refractivity contribution is 0.356. The molecule has 4 rings (SSSR count). The van der Waals surface area contributed by atoms with Crippen molar-refractivity contribution in [1.29, 1.82) is 0 Å². The molecule has 0 spiro atoms. The van der Waals surface area contributed by atoms with Crippen LogP contribution < -0.4 is 5.32 Å². The van der Waals surface area contributed by atoms with Crippen molar-refractivity contribution in [1.82, 2.24) is 19.8 Å². The zero-order valence-corrected chi connectivity index (χ0v) is 14.4. The topological polar surface area (TPSA) is 33.1 Å². The summed E-state index contributed by atoms with van der Waals surface area (Å²) in [4.78, 5) is 6.48. The number of para-hydroxylation sites is 1. The molecule has 0 radical (unpaired) electrons. The Morgan fingerprint density at radius 3 is 2.64 bits per heavy atom. The van der Waals surface area contributed by atoms with Crippen LogP contribution in [0.15, 0.2) is 67.0 Å². The number of pyridine rings is 1. The van der Waals surface area contributed by atoms with E-state index in [2.05, 4.69) is 10.3 Å². The van der Waals surface area contributed by atoms with Crippen molar-refractivity contribution in [3.05, 3.63) is 84.2 Å². The molecule has 0 unspecified atom stereocenters. The van der Waals surface area contributed by atoms with Gasteiger partial charge in [0.2, 0.25) is 0 Å². The smallest absolute Gasteiger partial charge is 0.169 e. The lowest BCUT2D eigenvalue weighted by Gasteiger charge is -2.25. The summed E-state index contributed by atoms with van der Waals surface area (Å²) in [5.41, 5.74) is 2.38. The highest BCUT2D eigenvalue weighted by Crippen LogP contribution is 2.38. The van der Waals surface area contributed by atoms with E-state index < -0.39 is 0 Å². The molecule has 1 N–H and O–H groups in total. The number of thiocarbonyl (C=S) groups is 1. The van der Waals surface area contributed by atoms with Crippen LogP contribution >= 0.6 is 12.2 Å². The quantitative estimate of drug-likeness (QED) is 0.730. The highest BCUT2D eigenvalue weighted by molar-refractivity contribution is 7.80. The van der Waals surface area contributed by atoms with Crippen LogP contribution in [0.5, 0.6) is 0 Å².